The van der Waals surface area contributed by atoms with E-state index >= 15 is 0 Å². The molecule has 0 aromatic heterocycles. The van der Waals surface area contributed by atoms with Crippen LogP contribution in [-0.4, -0.2) is 24.3 Å². The molecule has 0 aliphatic rings. The number of unbranched alkanes of at least 4 members (excludes halogenated alkanes) is 14. The molecule has 0 radical (unpaired) electrons. The van der Waals surface area contributed by atoms with Crippen LogP contribution in [0, 0.1) is 0 Å². The van der Waals surface area contributed by atoms with E-state index < -0.39 is 5.97 Å². The number of ether oxygens (including phenoxy) is 1. The molecule has 0 aliphatic carbocycles. The highest BCUT2D eigenvalue weighted by molar-refractivity contribution is 5.66. The fourth-order valence-corrected chi connectivity index (χ4v) is 2.89. The van der Waals surface area contributed by atoms with Crippen molar-refractivity contribution in [3.8, 4) is 0 Å². The Hall–Kier alpha value is -0.570. The topological polar surface area (TPSA) is 46.5 Å². The van der Waals surface area contributed by atoms with E-state index in [4.69, 9.17) is 9.84 Å². The van der Waals surface area contributed by atoms with Crippen LogP contribution >= 0.6 is 0 Å². The maximum atomic E-state index is 10.3. The molecular formula is C24H50O3. The van der Waals surface area contributed by atoms with E-state index in [1.165, 1.54) is 96.3 Å². The summed E-state index contributed by atoms with van der Waals surface area (Å²) in [7, 11) is 0. The molecule has 0 rings (SSSR count). The first-order valence-corrected chi connectivity index (χ1v) is 12.0. The smallest absolute Gasteiger partial charge is 0.303 e. The fourth-order valence-electron chi connectivity index (χ4n) is 2.89. The Bertz CT molecular complexity index is 260. The lowest BCUT2D eigenvalue weighted by atomic mass is 10.0. The van der Waals surface area contributed by atoms with Crippen LogP contribution in [0.2, 0.25) is 0 Å². The van der Waals surface area contributed by atoms with Gasteiger partial charge in [0.25, 0.3) is 0 Å². The van der Waals surface area contributed by atoms with Crippen molar-refractivity contribution in [1.29, 1.82) is 0 Å². The standard InChI is InChI=1S/C16H32O2.C8H18O/c1-2-3-4-5-6-7-8-9-10-11-12-13-14-15-16(17)18;1-3-5-7-9-8-6-4-2/h2-15H2,1H3,(H,17,18);3-8H2,1-2H3. The van der Waals surface area contributed by atoms with Gasteiger partial charge in [0.15, 0.2) is 0 Å². The Labute approximate surface area is 170 Å². The van der Waals surface area contributed by atoms with E-state index in [0.717, 1.165) is 26.1 Å². The quantitative estimate of drug-likeness (QED) is 0.215. The lowest BCUT2D eigenvalue weighted by Gasteiger charge is -2.02. The first-order valence-electron chi connectivity index (χ1n) is 12.0. The first kappa shape index (κ1) is 28.6. The number of carboxylic acids is 1. The Morgan fingerprint density at radius 2 is 0.889 bits per heavy atom. The van der Waals surface area contributed by atoms with Crippen LogP contribution in [0.3, 0.4) is 0 Å². The minimum Gasteiger partial charge on any atom is -0.481 e. The summed E-state index contributed by atoms with van der Waals surface area (Å²) in [4.78, 5) is 10.3. The zero-order chi connectivity index (χ0) is 20.4. The second kappa shape index (κ2) is 27.6. The van der Waals surface area contributed by atoms with Crippen LogP contribution in [0.4, 0.5) is 0 Å². The summed E-state index contributed by atoms with van der Waals surface area (Å²) < 4.78 is 5.31. The predicted octanol–water partition coefficient (Wildman–Crippen LogP) is 8.16. The van der Waals surface area contributed by atoms with Gasteiger partial charge in [0.05, 0.1) is 0 Å². The third-order valence-electron chi connectivity index (χ3n) is 4.78. The number of hydrogen-bond donors (Lipinski definition) is 1. The molecule has 0 spiro atoms. The Morgan fingerprint density at radius 1 is 0.556 bits per heavy atom. The van der Waals surface area contributed by atoms with Crippen LogP contribution in [0.25, 0.3) is 0 Å². The SMILES string of the molecule is CCCCCCCCCCCCCCCC(=O)O.CCCCOCCCC. The fraction of sp³-hybridized carbons (Fsp3) is 0.958. The minimum atomic E-state index is -0.655. The summed E-state index contributed by atoms with van der Waals surface area (Å²) in [6.45, 7) is 8.54. The highest BCUT2D eigenvalue weighted by Gasteiger charge is 1.96. The van der Waals surface area contributed by atoms with Crippen molar-refractivity contribution in [2.45, 2.75) is 136 Å². The summed E-state index contributed by atoms with van der Waals surface area (Å²) >= 11 is 0. The molecule has 3 nitrogen and oxygen atoms in total. The lowest BCUT2D eigenvalue weighted by Crippen LogP contribution is -1.95. The molecule has 164 valence electrons. The maximum Gasteiger partial charge on any atom is 0.303 e. The van der Waals surface area contributed by atoms with E-state index in [1.807, 2.05) is 0 Å². The zero-order valence-corrected chi connectivity index (χ0v) is 18.9. The van der Waals surface area contributed by atoms with Crippen LogP contribution in [0.5, 0.6) is 0 Å². The molecule has 0 aromatic carbocycles. The molecule has 0 unspecified atom stereocenters. The highest BCUT2D eigenvalue weighted by atomic mass is 16.5. The largest absolute Gasteiger partial charge is 0.481 e. The van der Waals surface area contributed by atoms with Crippen molar-refractivity contribution in [2.75, 3.05) is 13.2 Å². The van der Waals surface area contributed by atoms with Gasteiger partial charge in [-0.2, -0.15) is 0 Å². The van der Waals surface area contributed by atoms with Crippen molar-refractivity contribution in [1.82, 2.24) is 0 Å². The predicted molar refractivity (Wildman–Crippen MR) is 119 cm³/mol. The minimum absolute atomic E-state index is 0.345. The summed E-state index contributed by atoms with van der Waals surface area (Å²) in [5.74, 6) is -0.655. The highest BCUT2D eigenvalue weighted by Crippen LogP contribution is 2.12. The molecule has 3 heteroatoms. The van der Waals surface area contributed by atoms with Crippen LogP contribution in [0.15, 0.2) is 0 Å². The second-order valence-electron chi connectivity index (χ2n) is 7.71. The number of carbonyl (C=O) groups is 1. The van der Waals surface area contributed by atoms with Gasteiger partial charge in [-0.25, -0.2) is 0 Å². The maximum absolute atomic E-state index is 10.3. The van der Waals surface area contributed by atoms with Crippen LogP contribution in [-0.2, 0) is 9.53 Å². The number of rotatable bonds is 20. The van der Waals surface area contributed by atoms with Gasteiger partial charge in [0, 0.05) is 19.6 Å². The molecule has 0 saturated heterocycles. The Morgan fingerprint density at radius 3 is 1.22 bits per heavy atom. The van der Waals surface area contributed by atoms with E-state index in [1.54, 1.807) is 0 Å². The van der Waals surface area contributed by atoms with Gasteiger partial charge in [0.2, 0.25) is 0 Å². The monoisotopic (exact) mass is 386 g/mol. The van der Waals surface area contributed by atoms with E-state index in [0.29, 0.717) is 6.42 Å². The van der Waals surface area contributed by atoms with Crippen molar-refractivity contribution < 1.29 is 14.6 Å². The lowest BCUT2D eigenvalue weighted by molar-refractivity contribution is -0.137. The van der Waals surface area contributed by atoms with Crippen LogP contribution in [0.1, 0.15) is 136 Å². The van der Waals surface area contributed by atoms with Crippen LogP contribution < -0.4 is 0 Å². The molecule has 0 amide bonds. The molecule has 1 N–H and O–H groups in total. The molecule has 0 aliphatic heterocycles. The van der Waals surface area contributed by atoms with Gasteiger partial charge in [-0.3, -0.25) is 4.79 Å². The zero-order valence-electron chi connectivity index (χ0n) is 18.9. The normalized spacial score (nSPS) is 10.5. The van der Waals surface area contributed by atoms with Gasteiger partial charge >= 0.3 is 5.97 Å². The summed E-state index contributed by atoms with van der Waals surface area (Å²) in [5.41, 5.74) is 0. The van der Waals surface area contributed by atoms with Crippen molar-refractivity contribution in [3.63, 3.8) is 0 Å². The number of hydrogen-bond acceptors (Lipinski definition) is 2. The van der Waals surface area contributed by atoms with Gasteiger partial charge in [-0.1, -0.05) is 111 Å². The van der Waals surface area contributed by atoms with Gasteiger partial charge < -0.3 is 9.84 Å². The molecule has 0 saturated carbocycles. The Balaban J connectivity index is 0. The molecule has 27 heavy (non-hydrogen) atoms. The van der Waals surface area contributed by atoms with E-state index in [-0.39, 0.29) is 0 Å². The average Bonchev–Trinajstić information content (AvgIpc) is 2.66. The molecule has 0 atom stereocenters. The van der Waals surface area contributed by atoms with E-state index in [9.17, 15) is 4.79 Å². The molecule has 0 heterocycles. The molecular weight excluding hydrogens is 336 g/mol. The van der Waals surface area contributed by atoms with E-state index in [2.05, 4.69) is 20.8 Å². The van der Waals surface area contributed by atoms with Crippen molar-refractivity contribution in [3.05, 3.63) is 0 Å². The number of aliphatic carboxylic acids is 1. The summed E-state index contributed by atoms with van der Waals surface area (Å²) in [6, 6.07) is 0. The first-order chi connectivity index (χ1) is 13.2. The third kappa shape index (κ3) is 33.4. The van der Waals surface area contributed by atoms with Gasteiger partial charge in [-0.15, -0.1) is 0 Å². The molecule has 0 aromatic rings. The molecule has 0 fully saturated rings. The molecule has 0 bridgehead atoms. The van der Waals surface area contributed by atoms with Gasteiger partial charge in [0.1, 0.15) is 0 Å². The van der Waals surface area contributed by atoms with Gasteiger partial charge in [-0.05, 0) is 19.3 Å². The average molecular weight is 387 g/mol. The number of carboxylic acid groups (broad SMARTS) is 1. The van der Waals surface area contributed by atoms with Crippen molar-refractivity contribution >= 4 is 5.97 Å². The third-order valence-corrected chi connectivity index (χ3v) is 4.78. The summed E-state index contributed by atoms with van der Waals surface area (Å²) in [6.07, 6.45) is 22.2. The Kier molecular flexibility index (Phi) is 29.3. The second-order valence-corrected chi connectivity index (χ2v) is 7.71. The van der Waals surface area contributed by atoms with Crippen molar-refractivity contribution in [2.24, 2.45) is 0 Å². The summed E-state index contributed by atoms with van der Waals surface area (Å²) in [5, 5.41) is 8.49.